The smallest absolute Gasteiger partial charge is 0.217 e. The number of carbonyl (C=O) groups excluding carboxylic acids is 1. The summed E-state index contributed by atoms with van der Waals surface area (Å²) in [4.78, 5) is 16.0. The van der Waals surface area contributed by atoms with E-state index >= 15 is 0 Å². The van der Waals surface area contributed by atoms with E-state index in [9.17, 15) is 4.79 Å². The molecule has 0 aliphatic carbocycles. The molecule has 1 aliphatic heterocycles. The van der Waals surface area contributed by atoms with Crippen molar-refractivity contribution in [2.45, 2.75) is 111 Å². The van der Waals surface area contributed by atoms with Gasteiger partial charge in [0.25, 0.3) is 0 Å². The Bertz CT molecular complexity index is 501. The number of quaternary nitrogens is 1. The number of likely N-dealkylation sites (N-methyl/N-ethyl adjacent to an activating group) is 1. The Morgan fingerprint density at radius 3 is 2.10 bits per heavy atom. The first-order valence-corrected chi connectivity index (χ1v) is 12.9. The van der Waals surface area contributed by atoms with E-state index in [2.05, 4.69) is 31.3 Å². The Labute approximate surface area is 187 Å². The number of hydrogen-bond donors (Lipinski definition) is 1. The fourth-order valence-corrected chi connectivity index (χ4v) is 4.57. The van der Waals surface area contributed by atoms with Crippen molar-refractivity contribution in [1.29, 1.82) is 0 Å². The van der Waals surface area contributed by atoms with Gasteiger partial charge in [-0.2, -0.15) is 0 Å². The molecular weight excluding hydrogens is 370 g/mol. The molecule has 1 aliphatic rings. The van der Waals surface area contributed by atoms with Crippen molar-refractivity contribution in [2.75, 3.05) is 32.7 Å². The maximum Gasteiger partial charge on any atom is 0.217 e. The van der Waals surface area contributed by atoms with Crippen LogP contribution in [0.5, 0.6) is 0 Å². The molecule has 4 nitrogen and oxygen atoms in total. The topological polar surface area (TPSA) is 41.5 Å². The van der Waals surface area contributed by atoms with Crippen molar-refractivity contribution >= 4 is 11.7 Å². The quantitative estimate of drug-likeness (QED) is 0.146. The number of amides is 1. The van der Waals surface area contributed by atoms with Crippen LogP contribution in [0.15, 0.2) is 17.1 Å². The van der Waals surface area contributed by atoms with Crippen LogP contribution in [0.2, 0.25) is 0 Å². The first-order valence-electron chi connectivity index (χ1n) is 12.9. The molecular formula is C26H50N3O+. The molecule has 4 heteroatoms. The molecule has 0 spiro atoms. The molecule has 0 bridgehead atoms. The summed E-state index contributed by atoms with van der Waals surface area (Å²) in [7, 11) is 0. The third-order valence-corrected chi connectivity index (χ3v) is 6.56. The van der Waals surface area contributed by atoms with Gasteiger partial charge in [-0.15, -0.1) is 0 Å². The van der Waals surface area contributed by atoms with Gasteiger partial charge in [0.1, 0.15) is 13.1 Å². The summed E-state index contributed by atoms with van der Waals surface area (Å²) in [6.45, 7) is 11.0. The van der Waals surface area contributed by atoms with Gasteiger partial charge in [0.15, 0.2) is 5.84 Å². The van der Waals surface area contributed by atoms with E-state index in [1.54, 1.807) is 6.92 Å². The summed E-state index contributed by atoms with van der Waals surface area (Å²) >= 11 is 0. The molecule has 1 N–H and O–H groups in total. The number of allylic oxidation sites excluding steroid dienone is 2. The highest BCUT2D eigenvalue weighted by molar-refractivity contribution is 5.77. The lowest BCUT2D eigenvalue weighted by Crippen LogP contribution is -2.54. The van der Waals surface area contributed by atoms with E-state index < -0.39 is 0 Å². The minimum atomic E-state index is 0.0711. The molecule has 0 aromatic rings. The lowest BCUT2D eigenvalue weighted by atomic mass is 10.0. The minimum Gasteiger partial charge on any atom is -0.351 e. The molecule has 1 amide bonds. The Kier molecular flexibility index (Phi) is 15.7. The van der Waals surface area contributed by atoms with Gasteiger partial charge in [-0.3, -0.25) is 9.28 Å². The van der Waals surface area contributed by atoms with Crippen LogP contribution in [0, 0.1) is 0 Å². The van der Waals surface area contributed by atoms with Crippen LogP contribution in [-0.4, -0.2) is 48.9 Å². The van der Waals surface area contributed by atoms with Crippen molar-refractivity contribution in [2.24, 2.45) is 4.99 Å². The SMILES string of the molecule is CC/C=C/CCCCCCCCCCCCCC1=NCC[N+]1(CC)CCNC(C)=O. The molecule has 0 saturated carbocycles. The largest absolute Gasteiger partial charge is 0.351 e. The average molecular weight is 421 g/mol. The summed E-state index contributed by atoms with van der Waals surface area (Å²) in [5, 5.41) is 2.96. The third-order valence-electron chi connectivity index (χ3n) is 6.56. The zero-order valence-electron chi connectivity index (χ0n) is 20.4. The van der Waals surface area contributed by atoms with E-state index in [-0.39, 0.29) is 5.91 Å². The summed E-state index contributed by atoms with van der Waals surface area (Å²) in [5.41, 5.74) is 0. The number of hydrogen-bond acceptors (Lipinski definition) is 2. The van der Waals surface area contributed by atoms with Gasteiger partial charge in [-0.05, 0) is 32.6 Å². The number of rotatable bonds is 19. The lowest BCUT2D eigenvalue weighted by molar-refractivity contribution is -0.833. The molecule has 0 saturated heterocycles. The second-order valence-electron chi connectivity index (χ2n) is 9.00. The molecule has 1 heterocycles. The van der Waals surface area contributed by atoms with E-state index in [4.69, 9.17) is 4.99 Å². The number of amidine groups is 1. The highest BCUT2D eigenvalue weighted by atomic mass is 16.1. The Morgan fingerprint density at radius 2 is 1.53 bits per heavy atom. The molecule has 0 radical (unpaired) electrons. The van der Waals surface area contributed by atoms with Gasteiger partial charge >= 0.3 is 0 Å². The first-order chi connectivity index (χ1) is 14.6. The molecule has 0 aromatic carbocycles. The number of aliphatic imine (C=N–C) groups is 1. The van der Waals surface area contributed by atoms with Crippen molar-refractivity contribution in [3.05, 3.63) is 12.2 Å². The molecule has 174 valence electrons. The van der Waals surface area contributed by atoms with E-state index in [1.807, 2.05) is 0 Å². The zero-order valence-corrected chi connectivity index (χ0v) is 20.4. The summed E-state index contributed by atoms with van der Waals surface area (Å²) in [6, 6.07) is 0. The van der Waals surface area contributed by atoms with E-state index in [1.165, 1.54) is 89.3 Å². The maximum atomic E-state index is 11.2. The predicted octanol–water partition coefficient (Wildman–Crippen LogP) is 6.41. The van der Waals surface area contributed by atoms with Gasteiger partial charge in [-0.1, -0.05) is 76.9 Å². The number of nitrogens with one attached hydrogen (secondary N) is 1. The molecule has 30 heavy (non-hydrogen) atoms. The Hall–Kier alpha value is -1.16. The normalized spacial score (nSPS) is 18.8. The molecule has 1 atom stereocenters. The van der Waals surface area contributed by atoms with Crippen molar-refractivity contribution in [3.8, 4) is 0 Å². The third kappa shape index (κ3) is 11.9. The second-order valence-corrected chi connectivity index (χ2v) is 9.00. The molecule has 1 rings (SSSR count). The fourth-order valence-electron chi connectivity index (χ4n) is 4.57. The van der Waals surface area contributed by atoms with Crippen molar-refractivity contribution in [1.82, 2.24) is 5.32 Å². The van der Waals surface area contributed by atoms with Crippen LogP contribution in [-0.2, 0) is 4.79 Å². The zero-order chi connectivity index (χ0) is 21.9. The Morgan fingerprint density at radius 1 is 0.933 bits per heavy atom. The minimum absolute atomic E-state index is 0.0711. The van der Waals surface area contributed by atoms with Gasteiger partial charge in [0, 0.05) is 13.3 Å². The molecule has 1 unspecified atom stereocenters. The van der Waals surface area contributed by atoms with Crippen LogP contribution in [0.3, 0.4) is 0 Å². The van der Waals surface area contributed by atoms with E-state index in [0.29, 0.717) is 0 Å². The van der Waals surface area contributed by atoms with Crippen LogP contribution >= 0.6 is 0 Å². The van der Waals surface area contributed by atoms with Crippen LogP contribution < -0.4 is 5.32 Å². The standard InChI is InChI=1S/C26H49N3O/c1-4-6-7-8-9-10-11-12-13-14-15-16-17-18-19-20-26-28-22-24-29(26,5-2)23-21-27-25(3)30/h6-7H,4-5,8-24H2,1-3H3/p+1/b7-6+. The van der Waals surface area contributed by atoms with Gasteiger partial charge in [-0.25, -0.2) is 4.99 Å². The lowest BCUT2D eigenvalue weighted by Gasteiger charge is -2.33. The van der Waals surface area contributed by atoms with Crippen molar-refractivity contribution < 1.29 is 9.28 Å². The fraction of sp³-hybridized carbons (Fsp3) is 0.846. The summed E-state index contributed by atoms with van der Waals surface area (Å²) in [5.74, 6) is 1.45. The van der Waals surface area contributed by atoms with Gasteiger partial charge in [0.05, 0.1) is 19.6 Å². The van der Waals surface area contributed by atoms with Crippen LogP contribution in [0.25, 0.3) is 0 Å². The number of unbranched alkanes of at least 4 members (excludes halogenated alkanes) is 11. The van der Waals surface area contributed by atoms with E-state index in [0.717, 1.165) is 43.6 Å². The molecule has 0 aromatic heterocycles. The Balaban J connectivity index is 1.99. The van der Waals surface area contributed by atoms with Gasteiger partial charge < -0.3 is 5.32 Å². The van der Waals surface area contributed by atoms with Gasteiger partial charge in [0.2, 0.25) is 5.91 Å². The summed E-state index contributed by atoms with van der Waals surface area (Å²) in [6.07, 6.45) is 23.4. The summed E-state index contributed by atoms with van der Waals surface area (Å²) < 4.78 is 0.995. The number of carbonyl (C=O) groups is 1. The first kappa shape index (κ1) is 26.9. The van der Waals surface area contributed by atoms with Crippen LogP contribution in [0.1, 0.15) is 111 Å². The van der Waals surface area contributed by atoms with Crippen LogP contribution in [0.4, 0.5) is 0 Å². The predicted molar refractivity (Wildman–Crippen MR) is 131 cm³/mol. The van der Waals surface area contributed by atoms with Crippen molar-refractivity contribution in [3.63, 3.8) is 0 Å². The average Bonchev–Trinajstić information content (AvgIpc) is 3.13. The highest BCUT2D eigenvalue weighted by Gasteiger charge is 2.35. The maximum absolute atomic E-state index is 11.2. The second kappa shape index (κ2) is 17.5. The molecule has 0 fully saturated rings. The highest BCUT2D eigenvalue weighted by Crippen LogP contribution is 2.20. The number of nitrogens with zero attached hydrogens (tertiary/aromatic N) is 2. The monoisotopic (exact) mass is 420 g/mol.